The first-order valence-corrected chi connectivity index (χ1v) is 14.2. The fourth-order valence-corrected chi connectivity index (χ4v) is 5.45. The second-order valence-corrected chi connectivity index (χ2v) is 10.4. The van der Waals surface area contributed by atoms with Gasteiger partial charge in [-0.2, -0.15) is 0 Å². The normalized spacial score (nSPS) is 10.8. The molecule has 0 unspecified atom stereocenters. The van der Waals surface area contributed by atoms with Gasteiger partial charge in [0.25, 0.3) is 0 Å². The summed E-state index contributed by atoms with van der Waals surface area (Å²) >= 11 is 0. The van der Waals surface area contributed by atoms with Crippen molar-refractivity contribution >= 4 is 32.7 Å². The third kappa shape index (κ3) is 5.56. The molecular formula is C39H27IrN3O-2. The molecule has 0 aliphatic heterocycles. The number of aromatic nitrogens is 3. The van der Waals surface area contributed by atoms with Gasteiger partial charge in [-0.1, -0.05) is 78.5 Å². The minimum atomic E-state index is 0. The molecule has 4 heterocycles. The smallest absolute Gasteiger partial charge is 0.128 e. The van der Waals surface area contributed by atoms with Crippen LogP contribution in [0.5, 0.6) is 0 Å². The van der Waals surface area contributed by atoms with Crippen molar-refractivity contribution in [3.8, 4) is 33.6 Å². The molecule has 1 radical (unpaired) electrons. The largest absolute Gasteiger partial charge is 0.500 e. The Morgan fingerprint density at radius 2 is 1.50 bits per heavy atom. The van der Waals surface area contributed by atoms with E-state index in [4.69, 9.17) is 4.42 Å². The van der Waals surface area contributed by atoms with Gasteiger partial charge in [-0.15, -0.1) is 53.6 Å². The van der Waals surface area contributed by atoms with E-state index in [2.05, 4.69) is 76.5 Å². The molecular weight excluding hydrogens is 719 g/mol. The Hall–Kier alpha value is -4.96. The van der Waals surface area contributed by atoms with E-state index in [1.807, 2.05) is 86.2 Å². The molecule has 8 rings (SSSR count). The van der Waals surface area contributed by atoms with Gasteiger partial charge in [-0.3, -0.25) is 4.98 Å². The van der Waals surface area contributed by atoms with Crippen molar-refractivity contribution in [1.82, 2.24) is 15.0 Å². The molecule has 0 aliphatic carbocycles. The molecule has 8 aromatic rings. The second kappa shape index (κ2) is 12.7. The maximum absolute atomic E-state index is 6.56. The molecule has 4 nitrogen and oxygen atoms in total. The van der Waals surface area contributed by atoms with E-state index in [0.29, 0.717) is 0 Å². The fourth-order valence-electron chi connectivity index (χ4n) is 5.45. The summed E-state index contributed by atoms with van der Waals surface area (Å²) in [5, 5.41) is 4.49. The number of hydrogen-bond acceptors (Lipinski definition) is 4. The minimum Gasteiger partial charge on any atom is -0.500 e. The first-order valence-electron chi connectivity index (χ1n) is 14.2. The van der Waals surface area contributed by atoms with Crippen LogP contribution in [0.4, 0.5) is 0 Å². The van der Waals surface area contributed by atoms with Crippen molar-refractivity contribution in [3.05, 3.63) is 151 Å². The van der Waals surface area contributed by atoms with Gasteiger partial charge in [0.1, 0.15) is 5.58 Å². The van der Waals surface area contributed by atoms with Gasteiger partial charge in [-0.25, -0.2) is 0 Å². The zero-order valence-corrected chi connectivity index (χ0v) is 26.6. The Labute approximate surface area is 269 Å². The van der Waals surface area contributed by atoms with Crippen molar-refractivity contribution in [3.63, 3.8) is 0 Å². The summed E-state index contributed by atoms with van der Waals surface area (Å²) in [6.07, 6.45) is 7.42. The Morgan fingerprint density at radius 3 is 2.30 bits per heavy atom. The molecule has 0 fully saturated rings. The van der Waals surface area contributed by atoms with Gasteiger partial charge in [0, 0.05) is 61.2 Å². The molecule has 0 amide bonds. The van der Waals surface area contributed by atoms with E-state index in [1.165, 1.54) is 5.56 Å². The molecule has 0 saturated heterocycles. The van der Waals surface area contributed by atoms with E-state index in [1.54, 1.807) is 6.20 Å². The molecule has 0 aliphatic rings. The Bertz CT molecular complexity index is 2190. The van der Waals surface area contributed by atoms with Crippen molar-refractivity contribution in [1.29, 1.82) is 0 Å². The van der Waals surface area contributed by atoms with Crippen LogP contribution in [0.25, 0.3) is 66.4 Å². The minimum absolute atomic E-state index is 0. The third-order valence-electron chi connectivity index (χ3n) is 7.56. The van der Waals surface area contributed by atoms with Gasteiger partial charge in [0.2, 0.25) is 0 Å². The maximum Gasteiger partial charge on any atom is 0.128 e. The van der Waals surface area contributed by atoms with E-state index >= 15 is 0 Å². The number of aryl methyl sites for hydroxylation is 2. The van der Waals surface area contributed by atoms with Crippen LogP contribution in [0.1, 0.15) is 11.1 Å². The number of nitrogens with zero attached hydrogens (tertiary/aromatic N) is 3. The maximum atomic E-state index is 6.56. The van der Waals surface area contributed by atoms with E-state index < -0.39 is 0 Å². The van der Waals surface area contributed by atoms with E-state index in [9.17, 15) is 0 Å². The van der Waals surface area contributed by atoms with Gasteiger partial charge in [0.15, 0.2) is 0 Å². The van der Waals surface area contributed by atoms with Crippen LogP contribution in [-0.4, -0.2) is 15.0 Å². The third-order valence-corrected chi connectivity index (χ3v) is 7.56. The zero-order chi connectivity index (χ0) is 29.2. The standard InChI is InChI=1S/C27H17N2O.C12H10N.Ir/c1-17-11-12-21(24-10-2-3-14-29-24)27-25(17)22-9-5-8-20(26(22)30-27)19-7-4-6-18-13-15-28-16-23(18)19;1-10-7-8-12(13-9-10)11-5-3-2-4-6-11;/h2-11,13-16H,1H3;2-5,7-9H,1H3;/q2*-1;. The Kier molecular flexibility index (Phi) is 8.42. The molecule has 0 spiro atoms. The first kappa shape index (κ1) is 29.1. The average molecular weight is 746 g/mol. The van der Waals surface area contributed by atoms with Crippen molar-refractivity contribution < 1.29 is 24.5 Å². The topological polar surface area (TPSA) is 51.8 Å². The number of hydrogen-bond donors (Lipinski definition) is 0. The van der Waals surface area contributed by atoms with Crippen LogP contribution in [0.3, 0.4) is 0 Å². The molecule has 215 valence electrons. The van der Waals surface area contributed by atoms with Crippen LogP contribution in [0.15, 0.2) is 132 Å². The number of fused-ring (bicyclic) bond motifs is 4. The summed E-state index contributed by atoms with van der Waals surface area (Å²) < 4.78 is 6.56. The van der Waals surface area contributed by atoms with Crippen molar-refractivity contribution in [2.45, 2.75) is 13.8 Å². The van der Waals surface area contributed by atoms with Gasteiger partial charge in [-0.05, 0) is 47.0 Å². The van der Waals surface area contributed by atoms with E-state index in [-0.39, 0.29) is 20.1 Å². The summed E-state index contributed by atoms with van der Waals surface area (Å²) in [4.78, 5) is 13.2. The van der Waals surface area contributed by atoms with Crippen LogP contribution in [-0.2, 0) is 20.1 Å². The van der Waals surface area contributed by atoms with Crippen LogP contribution in [0, 0.1) is 26.0 Å². The second-order valence-electron chi connectivity index (χ2n) is 10.4. The number of pyridine rings is 3. The van der Waals surface area contributed by atoms with Crippen LogP contribution in [0.2, 0.25) is 0 Å². The summed E-state index contributed by atoms with van der Waals surface area (Å²) in [7, 11) is 0. The number of furan rings is 1. The number of rotatable bonds is 3. The molecule has 0 atom stereocenters. The summed E-state index contributed by atoms with van der Waals surface area (Å²) in [5.41, 5.74) is 9.97. The SMILES string of the molecule is Cc1c[c-]c(-c2ccccn2)c2oc3c(-c4cccc5ccncc45)cccc3c12.Cc1ccc(-c2[c-]cccc2)nc1.[Ir]. The number of para-hydroxylation sites is 1. The Balaban J connectivity index is 0.000000207. The van der Waals surface area contributed by atoms with Gasteiger partial charge >= 0.3 is 0 Å². The molecule has 0 bridgehead atoms. The zero-order valence-electron chi connectivity index (χ0n) is 24.2. The molecule has 0 saturated carbocycles. The van der Waals surface area contributed by atoms with Gasteiger partial charge in [0.05, 0.1) is 5.58 Å². The van der Waals surface area contributed by atoms with Crippen molar-refractivity contribution in [2.75, 3.05) is 0 Å². The summed E-state index contributed by atoms with van der Waals surface area (Å²) in [6, 6.07) is 41.1. The van der Waals surface area contributed by atoms with Crippen LogP contribution >= 0.6 is 0 Å². The molecule has 5 heteroatoms. The average Bonchev–Trinajstić information content (AvgIpc) is 3.47. The van der Waals surface area contributed by atoms with Gasteiger partial charge < -0.3 is 14.4 Å². The number of benzene rings is 4. The quantitative estimate of drug-likeness (QED) is 0.169. The predicted molar refractivity (Wildman–Crippen MR) is 175 cm³/mol. The summed E-state index contributed by atoms with van der Waals surface area (Å²) in [6.45, 7) is 4.13. The first-order chi connectivity index (χ1) is 21.2. The van der Waals surface area contributed by atoms with Crippen LogP contribution < -0.4 is 0 Å². The predicted octanol–water partition coefficient (Wildman–Crippen LogP) is 9.83. The molecule has 44 heavy (non-hydrogen) atoms. The fraction of sp³-hybridized carbons (Fsp3) is 0.0513. The Morgan fingerprint density at radius 1 is 0.636 bits per heavy atom. The van der Waals surface area contributed by atoms with E-state index in [0.717, 1.165) is 71.9 Å². The summed E-state index contributed by atoms with van der Waals surface area (Å²) in [5.74, 6) is 0. The monoisotopic (exact) mass is 746 g/mol. The molecule has 0 N–H and O–H groups in total. The molecule has 4 aromatic carbocycles. The van der Waals surface area contributed by atoms with Crippen molar-refractivity contribution in [2.24, 2.45) is 0 Å². The molecule has 4 aromatic heterocycles.